The first-order valence-electron chi connectivity index (χ1n) is 17.4. The number of carbonyl (C=O) groups is 3. The zero-order valence-electron chi connectivity index (χ0n) is 28.7. The SMILES string of the molecule is Cc1cnc(N2CC3(CCOCC3)C2)c(C(=O)Nc2ccc(C(=O)N3CCc4cc(C(=O)Cc5c(O)cccc5F)sc4-c4ccccc43)cc2)c1. The summed E-state index contributed by atoms with van der Waals surface area (Å²) < 4.78 is 19.9. The third-order valence-electron chi connectivity index (χ3n) is 10.3. The molecule has 5 aromatic rings. The number of para-hydroxylation sites is 1. The van der Waals surface area contributed by atoms with E-state index in [4.69, 9.17) is 4.74 Å². The van der Waals surface area contributed by atoms with E-state index >= 15 is 0 Å². The Hall–Kier alpha value is -5.39. The summed E-state index contributed by atoms with van der Waals surface area (Å²) in [6.07, 6.45) is 4.09. The van der Waals surface area contributed by atoms with Gasteiger partial charge in [-0.2, -0.15) is 0 Å². The lowest BCUT2D eigenvalue weighted by molar-refractivity contribution is -0.000511. The van der Waals surface area contributed by atoms with Gasteiger partial charge in [0.2, 0.25) is 0 Å². The minimum Gasteiger partial charge on any atom is -0.508 e. The molecule has 8 rings (SSSR count). The molecule has 0 aliphatic carbocycles. The van der Waals surface area contributed by atoms with Crippen LogP contribution in [0, 0.1) is 18.2 Å². The second-order valence-electron chi connectivity index (χ2n) is 13.9. The van der Waals surface area contributed by atoms with Crippen molar-refractivity contribution in [2.24, 2.45) is 5.41 Å². The molecule has 3 aliphatic heterocycles. The smallest absolute Gasteiger partial charge is 0.259 e. The highest BCUT2D eigenvalue weighted by Crippen LogP contribution is 2.44. The van der Waals surface area contributed by atoms with Crippen LogP contribution >= 0.6 is 11.3 Å². The normalized spacial score (nSPS) is 16.0. The van der Waals surface area contributed by atoms with Crippen LogP contribution < -0.4 is 15.1 Å². The minimum absolute atomic E-state index is 0.0222. The van der Waals surface area contributed by atoms with E-state index in [1.807, 2.05) is 43.3 Å². The Balaban J connectivity index is 0.976. The number of phenolic OH excluding ortho intramolecular Hbond substituents is 1. The van der Waals surface area contributed by atoms with Crippen LogP contribution in [0.5, 0.6) is 5.75 Å². The fraction of sp³-hybridized carbons (Fsp3) is 0.268. The Bertz CT molecular complexity index is 2180. The number of Topliss-reactive ketones (excluding diaryl/α,β-unsaturated/α-hetero) is 1. The predicted molar refractivity (Wildman–Crippen MR) is 199 cm³/mol. The number of amides is 2. The summed E-state index contributed by atoms with van der Waals surface area (Å²) in [5.74, 6) is -0.905. The zero-order valence-corrected chi connectivity index (χ0v) is 29.5. The molecule has 0 saturated carbocycles. The van der Waals surface area contributed by atoms with E-state index in [2.05, 4.69) is 15.2 Å². The van der Waals surface area contributed by atoms with Crippen LogP contribution in [0.3, 0.4) is 0 Å². The maximum atomic E-state index is 14.4. The Morgan fingerprint density at radius 3 is 2.54 bits per heavy atom. The number of fused-ring (bicyclic) bond motifs is 3. The van der Waals surface area contributed by atoms with E-state index < -0.39 is 5.82 Å². The first-order valence-corrected chi connectivity index (χ1v) is 18.2. The highest BCUT2D eigenvalue weighted by molar-refractivity contribution is 7.17. The Kier molecular flexibility index (Phi) is 8.84. The van der Waals surface area contributed by atoms with E-state index in [0.29, 0.717) is 40.5 Å². The van der Waals surface area contributed by atoms with Crippen LogP contribution in [0.15, 0.2) is 85.1 Å². The second kappa shape index (κ2) is 13.6. The Labute approximate surface area is 304 Å². The number of hydrogen-bond acceptors (Lipinski definition) is 8. The van der Waals surface area contributed by atoms with Crippen molar-refractivity contribution >= 4 is 46.1 Å². The summed E-state index contributed by atoms with van der Waals surface area (Å²) in [5, 5.41) is 13.1. The standard InChI is InChI=1S/C41H37FN4O5S/c1-25-19-31(38(43-22-25)45-23-41(24-45)14-17-51-18-15-41)39(49)44-28-11-9-26(10-12-28)40(50)46-16-13-27-20-36(52-37(27)29-5-2-3-7-33(29)46)35(48)21-30-32(42)6-4-8-34(30)47/h2-12,19-20,22,47H,13-18,21,23-24H2,1H3,(H,44,49). The monoisotopic (exact) mass is 716 g/mol. The van der Waals surface area contributed by atoms with Gasteiger partial charge in [0.25, 0.3) is 11.8 Å². The van der Waals surface area contributed by atoms with Crippen LogP contribution in [0.25, 0.3) is 10.4 Å². The molecule has 2 aromatic heterocycles. The number of aromatic nitrogens is 1. The van der Waals surface area contributed by atoms with Crippen molar-refractivity contribution < 1.29 is 28.6 Å². The van der Waals surface area contributed by atoms with Gasteiger partial charge in [-0.25, -0.2) is 9.37 Å². The van der Waals surface area contributed by atoms with Gasteiger partial charge in [-0.15, -0.1) is 11.3 Å². The Morgan fingerprint density at radius 2 is 1.77 bits per heavy atom. The number of aryl methyl sites for hydroxylation is 1. The van der Waals surface area contributed by atoms with Crippen molar-refractivity contribution in [1.29, 1.82) is 0 Å². The summed E-state index contributed by atoms with van der Waals surface area (Å²) in [5.41, 5.74) is 5.15. The molecule has 11 heteroatoms. The van der Waals surface area contributed by atoms with Gasteiger partial charge >= 0.3 is 0 Å². The van der Waals surface area contributed by atoms with Gasteiger partial charge in [-0.1, -0.05) is 24.3 Å². The largest absolute Gasteiger partial charge is 0.508 e. The highest BCUT2D eigenvalue weighted by atomic mass is 32.1. The summed E-state index contributed by atoms with van der Waals surface area (Å²) in [6.45, 7) is 5.57. The van der Waals surface area contributed by atoms with Gasteiger partial charge in [0.15, 0.2) is 5.78 Å². The molecule has 0 radical (unpaired) electrons. The number of thiophene rings is 1. The zero-order chi connectivity index (χ0) is 36.0. The summed E-state index contributed by atoms with van der Waals surface area (Å²) in [4.78, 5) is 50.8. The second-order valence-corrected chi connectivity index (χ2v) is 15.0. The number of pyridine rings is 1. The minimum atomic E-state index is -0.620. The first kappa shape index (κ1) is 33.7. The van der Waals surface area contributed by atoms with E-state index in [1.54, 1.807) is 35.4 Å². The average Bonchev–Trinajstić information content (AvgIpc) is 3.51. The van der Waals surface area contributed by atoms with E-state index in [9.17, 15) is 23.9 Å². The fourth-order valence-electron chi connectivity index (χ4n) is 7.48. The molecule has 2 saturated heterocycles. The molecule has 1 spiro atoms. The topological polar surface area (TPSA) is 112 Å². The molecule has 3 aromatic carbocycles. The molecule has 5 heterocycles. The number of halogens is 1. The molecule has 2 fully saturated rings. The maximum Gasteiger partial charge on any atom is 0.259 e. The molecule has 2 amide bonds. The van der Waals surface area contributed by atoms with Crippen LogP contribution in [-0.2, 0) is 17.6 Å². The summed E-state index contributed by atoms with van der Waals surface area (Å²) in [7, 11) is 0. The number of anilines is 3. The van der Waals surface area contributed by atoms with E-state index in [1.165, 1.54) is 29.5 Å². The van der Waals surface area contributed by atoms with Crippen molar-refractivity contribution in [3.63, 3.8) is 0 Å². The average molecular weight is 717 g/mol. The lowest BCUT2D eigenvalue weighted by Gasteiger charge is -2.53. The number of rotatable bonds is 7. The summed E-state index contributed by atoms with van der Waals surface area (Å²) >= 11 is 1.32. The van der Waals surface area contributed by atoms with Crippen molar-refractivity contribution in [3.8, 4) is 16.2 Å². The molecule has 0 unspecified atom stereocenters. The number of phenols is 1. The number of nitrogens with one attached hydrogen (secondary N) is 1. The number of carbonyl (C=O) groups excluding carboxylic acids is 3. The fourth-order valence-corrected chi connectivity index (χ4v) is 8.66. The number of ketones is 1. The number of benzene rings is 3. The molecule has 52 heavy (non-hydrogen) atoms. The Morgan fingerprint density at radius 1 is 1.00 bits per heavy atom. The van der Waals surface area contributed by atoms with Gasteiger partial charge < -0.3 is 25.0 Å². The molecule has 2 N–H and O–H groups in total. The molecule has 0 atom stereocenters. The van der Waals surface area contributed by atoms with Crippen LogP contribution in [0.2, 0.25) is 0 Å². The van der Waals surface area contributed by atoms with Crippen LogP contribution in [-0.4, -0.2) is 60.5 Å². The lowest BCUT2D eigenvalue weighted by Crippen LogP contribution is -2.59. The van der Waals surface area contributed by atoms with E-state index in [-0.39, 0.29) is 40.7 Å². The lowest BCUT2D eigenvalue weighted by atomic mass is 9.73. The van der Waals surface area contributed by atoms with Crippen molar-refractivity contribution in [2.45, 2.75) is 32.6 Å². The van der Waals surface area contributed by atoms with Crippen molar-refractivity contribution in [1.82, 2.24) is 4.98 Å². The highest BCUT2D eigenvalue weighted by Gasteiger charge is 2.45. The molecular formula is C41H37FN4O5S. The van der Waals surface area contributed by atoms with Gasteiger partial charge in [0.1, 0.15) is 17.4 Å². The van der Waals surface area contributed by atoms with Crippen LogP contribution in [0.4, 0.5) is 21.6 Å². The van der Waals surface area contributed by atoms with Crippen LogP contribution in [0.1, 0.15) is 59.9 Å². The van der Waals surface area contributed by atoms with Gasteiger partial charge in [-0.05, 0) is 91.9 Å². The van der Waals surface area contributed by atoms with E-state index in [0.717, 1.165) is 66.4 Å². The third-order valence-corrected chi connectivity index (χ3v) is 11.6. The molecule has 264 valence electrons. The number of nitrogens with zero attached hydrogens (tertiary/aromatic N) is 3. The molecular weight excluding hydrogens is 680 g/mol. The van der Waals surface area contributed by atoms with Crippen molar-refractivity contribution in [3.05, 3.63) is 124 Å². The number of aromatic hydroxyl groups is 1. The van der Waals surface area contributed by atoms with Crippen molar-refractivity contribution in [2.75, 3.05) is 48.0 Å². The predicted octanol–water partition coefficient (Wildman–Crippen LogP) is 7.46. The molecule has 3 aliphatic rings. The van der Waals surface area contributed by atoms with Gasteiger partial charge in [-0.3, -0.25) is 14.4 Å². The first-order chi connectivity index (χ1) is 25.2. The molecule has 9 nitrogen and oxygen atoms in total. The van der Waals surface area contributed by atoms with Gasteiger partial charge in [0, 0.05) is 78.1 Å². The maximum absolute atomic E-state index is 14.4. The number of hydrogen-bond donors (Lipinski definition) is 2. The number of ether oxygens (including phenoxy) is 1. The molecule has 0 bridgehead atoms. The third kappa shape index (κ3) is 6.35. The quantitative estimate of drug-likeness (QED) is 0.168. The van der Waals surface area contributed by atoms with Gasteiger partial charge in [0.05, 0.1) is 16.1 Å². The summed E-state index contributed by atoms with van der Waals surface area (Å²) in [6, 6.07) is 22.2.